The lowest BCUT2D eigenvalue weighted by Gasteiger charge is -2.04. The van der Waals surface area contributed by atoms with Gasteiger partial charge in [-0.05, 0) is 17.7 Å². The molecule has 0 aliphatic rings. The molecule has 0 radical (unpaired) electrons. The van der Waals surface area contributed by atoms with E-state index < -0.39 is 18.1 Å². The zero-order chi connectivity index (χ0) is 11.4. The molecular weight excluding hydrogens is 228 g/mol. The van der Waals surface area contributed by atoms with E-state index >= 15 is 0 Å². The maximum atomic E-state index is 12.3. The Morgan fingerprint density at radius 2 is 2.27 bits per heavy atom. The van der Waals surface area contributed by atoms with Crippen molar-refractivity contribution in [2.24, 2.45) is 0 Å². The summed E-state index contributed by atoms with van der Waals surface area (Å²) in [4.78, 5) is 14.3. The number of alkyl halides is 2. The molecule has 1 aromatic heterocycles. The number of ether oxygens (including phenoxy) is 1. The van der Waals surface area contributed by atoms with E-state index in [0.29, 0.717) is 5.56 Å². The molecule has 1 heterocycles. The predicted octanol–water partition coefficient (Wildman–Crippen LogP) is 2.39. The summed E-state index contributed by atoms with van der Waals surface area (Å²) in [6, 6.07) is 2.48. The van der Waals surface area contributed by atoms with Crippen LogP contribution in [0.4, 0.5) is 8.78 Å². The van der Waals surface area contributed by atoms with Gasteiger partial charge in [0.25, 0.3) is 6.43 Å². The minimum Gasteiger partial charge on any atom is -0.469 e. The summed E-state index contributed by atoms with van der Waals surface area (Å²) in [5, 5.41) is -0.0632. The van der Waals surface area contributed by atoms with Crippen molar-refractivity contribution in [3.8, 4) is 0 Å². The molecule has 15 heavy (non-hydrogen) atoms. The fourth-order valence-electron chi connectivity index (χ4n) is 1.03. The lowest BCUT2D eigenvalue weighted by molar-refractivity contribution is -0.139. The van der Waals surface area contributed by atoms with Gasteiger partial charge in [-0.3, -0.25) is 4.79 Å². The van der Waals surface area contributed by atoms with E-state index in [9.17, 15) is 13.6 Å². The molecule has 0 saturated carbocycles. The number of aromatic nitrogens is 1. The molecule has 0 fully saturated rings. The maximum absolute atomic E-state index is 12.3. The van der Waals surface area contributed by atoms with E-state index in [2.05, 4.69) is 9.72 Å². The lowest BCUT2D eigenvalue weighted by Crippen LogP contribution is -2.05. The third kappa shape index (κ3) is 3.43. The van der Waals surface area contributed by atoms with Gasteiger partial charge in [0, 0.05) is 0 Å². The highest BCUT2D eigenvalue weighted by Gasteiger charge is 2.12. The summed E-state index contributed by atoms with van der Waals surface area (Å²) in [7, 11) is 1.22. The van der Waals surface area contributed by atoms with Crippen molar-refractivity contribution in [1.82, 2.24) is 4.98 Å². The number of halogens is 3. The van der Waals surface area contributed by atoms with Crippen molar-refractivity contribution >= 4 is 17.6 Å². The van der Waals surface area contributed by atoms with Crippen LogP contribution in [0.5, 0.6) is 0 Å². The highest BCUT2D eigenvalue weighted by atomic mass is 35.5. The van der Waals surface area contributed by atoms with Gasteiger partial charge in [-0.1, -0.05) is 11.6 Å². The quantitative estimate of drug-likeness (QED) is 0.597. The van der Waals surface area contributed by atoms with Gasteiger partial charge in [-0.25, -0.2) is 13.8 Å². The minimum absolute atomic E-state index is 0.0632. The number of esters is 1. The molecule has 0 atom stereocenters. The number of rotatable bonds is 3. The molecule has 0 amide bonds. The number of carbonyl (C=O) groups is 1. The highest BCUT2D eigenvalue weighted by Crippen LogP contribution is 2.20. The lowest BCUT2D eigenvalue weighted by atomic mass is 10.1. The predicted molar refractivity (Wildman–Crippen MR) is 49.9 cm³/mol. The number of methoxy groups -OCH3 is 1. The zero-order valence-electron chi connectivity index (χ0n) is 7.84. The first-order chi connectivity index (χ1) is 7.02. The second kappa shape index (κ2) is 5.02. The molecule has 0 aromatic carbocycles. The summed E-state index contributed by atoms with van der Waals surface area (Å²) in [6.45, 7) is 0. The molecule has 0 bridgehead atoms. The van der Waals surface area contributed by atoms with Gasteiger partial charge < -0.3 is 4.74 Å². The molecule has 6 heteroatoms. The van der Waals surface area contributed by atoms with Crippen LogP contribution in [-0.2, 0) is 16.0 Å². The van der Waals surface area contributed by atoms with Gasteiger partial charge >= 0.3 is 5.97 Å². The Kier molecular flexibility index (Phi) is 3.96. The molecule has 0 unspecified atom stereocenters. The molecular formula is C9H8ClF2NO2. The smallest absolute Gasteiger partial charge is 0.309 e. The summed E-state index contributed by atoms with van der Waals surface area (Å²) < 4.78 is 29.0. The van der Waals surface area contributed by atoms with Crippen LogP contribution in [0.15, 0.2) is 12.1 Å². The van der Waals surface area contributed by atoms with Gasteiger partial charge in [0.2, 0.25) is 0 Å². The molecule has 1 rings (SSSR count). The first-order valence-electron chi connectivity index (χ1n) is 4.04. The summed E-state index contributed by atoms with van der Waals surface area (Å²) in [5.74, 6) is -0.516. The zero-order valence-corrected chi connectivity index (χ0v) is 8.59. The topological polar surface area (TPSA) is 39.2 Å². The molecule has 0 aliphatic heterocycles. The molecule has 0 saturated heterocycles. The van der Waals surface area contributed by atoms with Crippen molar-refractivity contribution in [1.29, 1.82) is 0 Å². The average molecular weight is 236 g/mol. The van der Waals surface area contributed by atoms with Crippen LogP contribution in [-0.4, -0.2) is 18.1 Å². The summed E-state index contributed by atoms with van der Waals surface area (Å²) in [6.07, 6.45) is -2.81. The second-order valence-electron chi connectivity index (χ2n) is 2.78. The number of nitrogens with zero attached hydrogens (tertiary/aromatic N) is 1. The first-order valence-corrected chi connectivity index (χ1v) is 4.42. The Bertz CT molecular complexity index is 371. The molecule has 1 aromatic rings. The third-order valence-corrected chi connectivity index (χ3v) is 1.87. The van der Waals surface area contributed by atoms with Crippen LogP contribution in [0.25, 0.3) is 0 Å². The molecule has 82 valence electrons. The van der Waals surface area contributed by atoms with E-state index in [-0.39, 0.29) is 11.6 Å². The molecule has 0 aliphatic carbocycles. The SMILES string of the molecule is COC(=O)Cc1cc(Cl)nc(C(F)F)c1. The van der Waals surface area contributed by atoms with Gasteiger partial charge in [0.1, 0.15) is 10.8 Å². The van der Waals surface area contributed by atoms with E-state index in [1.165, 1.54) is 13.2 Å². The van der Waals surface area contributed by atoms with Crippen molar-refractivity contribution < 1.29 is 18.3 Å². The molecule has 0 N–H and O–H groups in total. The van der Waals surface area contributed by atoms with E-state index in [0.717, 1.165) is 6.07 Å². The second-order valence-corrected chi connectivity index (χ2v) is 3.16. The Hall–Kier alpha value is -1.23. The highest BCUT2D eigenvalue weighted by molar-refractivity contribution is 6.29. The summed E-state index contributed by atoms with van der Waals surface area (Å²) >= 11 is 5.52. The van der Waals surface area contributed by atoms with Crippen LogP contribution in [0.2, 0.25) is 5.15 Å². The van der Waals surface area contributed by atoms with Gasteiger partial charge in [-0.15, -0.1) is 0 Å². The normalized spacial score (nSPS) is 10.5. The van der Waals surface area contributed by atoms with E-state index in [1.54, 1.807) is 0 Å². The standard InChI is InChI=1S/C9H8ClF2NO2/c1-15-8(14)4-5-2-6(9(11)12)13-7(10)3-5/h2-3,9H,4H2,1H3. The van der Waals surface area contributed by atoms with Crippen LogP contribution in [0, 0.1) is 0 Å². The third-order valence-electron chi connectivity index (χ3n) is 1.67. The molecule has 0 spiro atoms. The van der Waals surface area contributed by atoms with Gasteiger partial charge in [-0.2, -0.15) is 0 Å². The van der Waals surface area contributed by atoms with Crippen LogP contribution in [0.3, 0.4) is 0 Å². The number of carbonyl (C=O) groups excluding carboxylic acids is 1. The van der Waals surface area contributed by atoms with E-state index in [4.69, 9.17) is 11.6 Å². The molecule has 3 nitrogen and oxygen atoms in total. The number of hydrogen-bond acceptors (Lipinski definition) is 3. The maximum Gasteiger partial charge on any atom is 0.309 e. The Balaban J connectivity index is 2.93. The number of hydrogen-bond donors (Lipinski definition) is 0. The first kappa shape index (κ1) is 11.8. The van der Waals surface area contributed by atoms with Gasteiger partial charge in [0.15, 0.2) is 0 Å². The fourth-order valence-corrected chi connectivity index (χ4v) is 1.26. The van der Waals surface area contributed by atoms with E-state index in [1.807, 2.05) is 0 Å². The van der Waals surface area contributed by atoms with Crippen LogP contribution < -0.4 is 0 Å². The number of pyridine rings is 1. The Labute approximate surface area is 90.0 Å². The van der Waals surface area contributed by atoms with Crippen molar-refractivity contribution in [2.45, 2.75) is 12.8 Å². The van der Waals surface area contributed by atoms with Gasteiger partial charge in [0.05, 0.1) is 13.5 Å². The monoisotopic (exact) mass is 235 g/mol. The average Bonchev–Trinajstić information content (AvgIpc) is 2.16. The van der Waals surface area contributed by atoms with Crippen LogP contribution >= 0.6 is 11.6 Å². The Morgan fingerprint density at radius 3 is 2.80 bits per heavy atom. The van der Waals surface area contributed by atoms with Crippen LogP contribution in [0.1, 0.15) is 17.7 Å². The Morgan fingerprint density at radius 1 is 1.60 bits per heavy atom. The minimum atomic E-state index is -2.71. The summed E-state index contributed by atoms with van der Waals surface area (Å²) in [5.41, 5.74) is -0.0847. The van der Waals surface area contributed by atoms with Crippen molar-refractivity contribution in [3.05, 3.63) is 28.5 Å². The largest absolute Gasteiger partial charge is 0.469 e. The fraction of sp³-hybridized carbons (Fsp3) is 0.333. The van der Waals surface area contributed by atoms with Crippen molar-refractivity contribution in [3.63, 3.8) is 0 Å². The van der Waals surface area contributed by atoms with Crippen molar-refractivity contribution in [2.75, 3.05) is 7.11 Å².